The Balaban J connectivity index is 2.52. The van der Waals surface area contributed by atoms with Crippen LogP contribution in [0.5, 0.6) is 0 Å². The van der Waals surface area contributed by atoms with E-state index in [4.69, 9.17) is 4.74 Å². The molecule has 1 aliphatic rings. The van der Waals surface area contributed by atoms with Crippen LogP contribution in [0.25, 0.3) is 0 Å². The lowest BCUT2D eigenvalue weighted by atomic mass is 9.84. The number of carbonyl (C=O) groups excluding carboxylic acids is 1. The van der Waals surface area contributed by atoms with Crippen LogP contribution in [0.15, 0.2) is 23.8 Å². The molecule has 0 heterocycles. The van der Waals surface area contributed by atoms with Gasteiger partial charge in [0.25, 0.3) is 6.47 Å². The van der Waals surface area contributed by atoms with Crippen molar-refractivity contribution in [2.45, 2.75) is 39.2 Å². The van der Waals surface area contributed by atoms with E-state index in [0.717, 1.165) is 19.3 Å². The first-order chi connectivity index (χ1) is 6.65. The highest BCUT2D eigenvalue weighted by Gasteiger charge is 2.18. The van der Waals surface area contributed by atoms with Crippen molar-refractivity contribution in [3.63, 3.8) is 0 Å². The Morgan fingerprint density at radius 2 is 2.50 bits per heavy atom. The molecule has 0 aromatic heterocycles. The average molecular weight is 194 g/mol. The molecule has 0 saturated carbocycles. The molecular formula is C12H18O2. The summed E-state index contributed by atoms with van der Waals surface area (Å²) < 4.78 is 4.91. The molecule has 0 saturated heterocycles. The fourth-order valence-corrected chi connectivity index (χ4v) is 1.84. The van der Waals surface area contributed by atoms with Crippen molar-refractivity contribution in [1.29, 1.82) is 0 Å². The molecule has 0 radical (unpaired) electrons. The van der Waals surface area contributed by atoms with E-state index in [0.29, 0.717) is 12.4 Å². The van der Waals surface area contributed by atoms with Crippen molar-refractivity contribution in [1.82, 2.24) is 0 Å². The van der Waals surface area contributed by atoms with Gasteiger partial charge in [-0.15, -0.1) is 0 Å². The molecule has 2 unspecified atom stereocenters. The number of carbonyl (C=O) groups is 1. The van der Waals surface area contributed by atoms with Crippen molar-refractivity contribution >= 4 is 6.47 Å². The second kappa shape index (κ2) is 4.99. The van der Waals surface area contributed by atoms with Crippen molar-refractivity contribution in [3.8, 4) is 0 Å². The number of allylic oxidation sites excluding steroid dienone is 2. The fourth-order valence-electron chi connectivity index (χ4n) is 1.84. The van der Waals surface area contributed by atoms with Gasteiger partial charge < -0.3 is 4.74 Å². The van der Waals surface area contributed by atoms with Gasteiger partial charge >= 0.3 is 0 Å². The third kappa shape index (κ3) is 2.72. The number of ether oxygens (including phenoxy) is 1. The molecule has 0 aromatic carbocycles. The van der Waals surface area contributed by atoms with Crippen molar-refractivity contribution in [2.75, 3.05) is 0 Å². The SMILES string of the molecule is C=C(C)C1CC=C(C(C)OC=O)CC1. The smallest absolute Gasteiger partial charge is 0.293 e. The zero-order chi connectivity index (χ0) is 10.6. The summed E-state index contributed by atoms with van der Waals surface area (Å²) in [4.78, 5) is 10.2. The Labute approximate surface area is 85.6 Å². The third-order valence-electron chi connectivity index (χ3n) is 2.92. The van der Waals surface area contributed by atoms with Crippen LogP contribution in [-0.2, 0) is 9.53 Å². The van der Waals surface area contributed by atoms with E-state index in [2.05, 4.69) is 19.6 Å². The summed E-state index contributed by atoms with van der Waals surface area (Å²) in [5.74, 6) is 0.613. The average Bonchev–Trinajstić information content (AvgIpc) is 2.18. The summed E-state index contributed by atoms with van der Waals surface area (Å²) in [6.45, 7) is 8.49. The van der Waals surface area contributed by atoms with Gasteiger partial charge in [0.2, 0.25) is 0 Å². The quantitative estimate of drug-likeness (QED) is 0.508. The molecule has 0 amide bonds. The minimum absolute atomic E-state index is 0.0569. The molecule has 0 bridgehead atoms. The second-order valence-electron chi connectivity index (χ2n) is 3.97. The highest BCUT2D eigenvalue weighted by atomic mass is 16.5. The molecule has 0 aliphatic heterocycles. The summed E-state index contributed by atoms with van der Waals surface area (Å²) in [5.41, 5.74) is 2.50. The molecule has 1 aliphatic carbocycles. The van der Waals surface area contributed by atoms with E-state index in [1.807, 2.05) is 6.92 Å². The van der Waals surface area contributed by atoms with Crippen molar-refractivity contribution in [2.24, 2.45) is 5.92 Å². The maximum absolute atomic E-state index is 10.2. The Bertz CT molecular complexity index is 253. The van der Waals surface area contributed by atoms with E-state index in [1.165, 1.54) is 11.1 Å². The molecule has 78 valence electrons. The van der Waals surface area contributed by atoms with Crippen LogP contribution in [0.4, 0.5) is 0 Å². The number of hydrogen-bond donors (Lipinski definition) is 0. The zero-order valence-corrected chi connectivity index (χ0v) is 8.95. The molecule has 2 nitrogen and oxygen atoms in total. The Morgan fingerprint density at radius 3 is 2.93 bits per heavy atom. The van der Waals surface area contributed by atoms with Gasteiger partial charge in [-0.05, 0) is 44.6 Å². The summed E-state index contributed by atoms with van der Waals surface area (Å²) in [7, 11) is 0. The topological polar surface area (TPSA) is 26.3 Å². The van der Waals surface area contributed by atoms with Gasteiger partial charge in [0.1, 0.15) is 6.10 Å². The molecule has 0 aromatic rings. The summed E-state index contributed by atoms with van der Waals surface area (Å²) >= 11 is 0. The van der Waals surface area contributed by atoms with Crippen LogP contribution in [0.1, 0.15) is 33.1 Å². The van der Waals surface area contributed by atoms with Gasteiger partial charge in [-0.1, -0.05) is 18.2 Å². The van der Waals surface area contributed by atoms with E-state index >= 15 is 0 Å². The highest BCUT2D eigenvalue weighted by Crippen LogP contribution is 2.29. The molecule has 2 heteroatoms. The van der Waals surface area contributed by atoms with Gasteiger partial charge in [-0.2, -0.15) is 0 Å². The van der Waals surface area contributed by atoms with E-state index in [9.17, 15) is 4.79 Å². The predicted octanol–water partition coefficient (Wildman–Crippen LogP) is 2.85. The summed E-state index contributed by atoms with van der Waals surface area (Å²) in [6, 6.07) is 0. The largest absolute Gasteiger partial charge is 0.460 e. The molecule has 2 atom stereocenters. The van der Waals surface area contributed by atoms with Crippen LogP contribution in [0.3, 0.4) is 0 Å². The van der Waals surface area contributed by atoms with E-state index < -0.39 is 0 Å². The summed E-state index contributed by atoms with van der Waals surface area (Å²) in [5, 5.41) is 0. The van der Waals surface area contributed by atoms with Crippen molar-refractivity contribution < 1.29 is 9.53 Å². The van der Waals surface area contributed by atoms with Crippen LogP contribution in [-0.4, -0.2) is 12.6 Å². The highest BCUT2D eigenvalue weighted by molar-refractivity contribution is 5.38. The van der Waals surface area contributed by atoms with Gasteiger partial charge in [-0.25, -0.2) is 0 Å². The molecule has 0 spiro atoms. The minimum Gasteiger partial charge on any atom is -0.460 e. The Morgan fingerprint density at radius 1 is 1.79 bits per heavy atom. The Hall–Kier alpha value is -1.05. The normalized spacial score (nSPS) is 23.6. The van der Waals surface area contributed by atoms with Crippen LogP contribution in [0, 0.1) is 5.92 Å². The van der Waals surface area contributed by atoms with Gasteiger partial charge in [0, 0.05) is 0 Å². The number of hydrogen-bond acceptors (Lipinski definition) is 2. The fraction of sp³-hybridized carbons (Fsp3) is 0.583. The minimum atomic E-state index is -0.0569. The summed E-state index contributed by atoms with van der Waals surface area (Å²) in [6.07, 6.45) is 5.33. The first kappa shape index (κ1) is 11.0. The molecular weight excluding hydrogens is 176 g/mol. The zero-order valence-electron chi connectivity index (χ0n) is 8.95. The molecule has 14 heavy (non-hydrogen) atoms. The molecule has 1 rings (SSSR count). The first-order valence-electron chi connectivity index (χ1n) is 5.08. The number of rotatable bonds is 4. The maximum Gasteiger partial charge on any atom is 0.293 e. The lowest BCUT2D eigenvalue weighted by Gasteiger charge is -2.24. The van der Waals surface area contributed by atoms with Gasteiger partial charge in [-0.3, -0.25) is 4.79 Å². The van der Waals surface area contributed by atoms with Gasteiger partial charge in [0.15, 0.2) is 0 Å². The second-order valence-corrected chi connectivity index (χ2v) is 3.97. The predicted molar refractivity (Wildman–Crippen MR) is 56.8 cm³/mol. The van der Waals surface area contributed by atoms with Crippen LogP contribution in [0.2, 0.25) is 0 Å². The Kier molecular flexibility index (Phi) is 3.93. The van der Waals surface area contributed by atoms with Crippen LogP contribution >= 0.6 is 0 Å². The molecule has 0 N–H and O–H groups in total. The first-order valence-corrected chi connectivity index (χ1v) is 5.08. The van der Waals surface area contributed by atoms with Crippen molar-refractivity contribution in [3.05, 3.63) is 23.8 Å². The lowest BCUT2D eigenvalue weighted by Crippen LogP contribution is -2.16. The van der Waals surface area contributed by atoms with Crippen LogP contribution < -0.4 is 0 Å². The van der Waals surface area contributed by atoms with Gasteiger partial charge in [0.05, 0.1) is 0 Å². The monoisotopic (exact) mass is 194 g/mol. The van der Waals surface area contributed by atoms with E-state index in [-0.39, 0.29) is 6.10 Å². The lowest BCUT2D eigenvalue weighted by molar-refractivity contribution is -0.131. The maximum atomic E-state index is 10.2. The molecule has 0 fully saturated rings. The van der Waals surface area contributed by atoms with E-state index in [1.54, 1.807) is 0 Å². The third-order valence-corrected chi connectivity index (χ3v) is 2.92. The standard InChI is InChI=1S/C12H18O2/c1-9(2)11-4-6-12(7-5-11)10(3)14-8-13/h6,8,10-11H,1,4-5,7H2,2-3H3.